The Hall–Kier alpha value is -3.90. The standard InChI is InChI=1S/C32H36N2O4/c1-33(2)27-18-16-26(17-19-27)25-14-11-24(12-15-25)22-34(32(37)29-9-4-5-10-30(29)35)28-8-6-7-23(21-28)13-20-31(36)38-3/h6-8,11-21,29-30,35H,4-5,9-10,22H2,1-3H3/b20-13+/t29-,30-/m1/s1. The largest absolute Gasteiger partial charge is 0.466 e. The number of carbonyl (C=O) groups excluding carboxylic acids is 2. The highest BCUT2D eigenvalue weighted by atomic mass is 16.5. The van der Waals surface area contributed by atoms with Gasteiger partial charge in [0.25, 0.3) is 0 Å². The molecule has 6 nitrogen and oxygen atoms in total. The van der Waals surface area contributed by atoms with Crippen molar-refractivity contribution in [3.8, 4) is 11.1 Å². The van der Waals surface area contributed by atoms with E-state index in [4.69, 9.17) is 4.74 Å². The van der Waals surface area contributed by atoms with E-state index in [0.29, 0.717) is 19.4 Å². The molecule has 0 spiro atoms. The zero-order chi connectivity index (χ0) is 27.1. The first-order valence-corrected chi connectivity index (χ1v) is 13.1. The van der Waals surface area contributed by atoms with Crippen molar-refractivity contribution < 1.29 is 19.4 Å². The van der Waals surface area contributed by atoms with Crippen molar-refractivity contribution in [1.29, 1.82) is 0 Å². The zero-order valence-electron chi connectivity index (χ0n) is 22.3. The molecule has 4 rings (SSSR count). The van der Waals surface area contributed by atoms with Gasteiger partial charge in [0.05, 0.1) is 25.7 Å². The van der Waals surface area contributed by atoms with E-state index >= 15 is 0 Å². The molecule has 38 heavy (non-hydrogen) atoms. The Bertz CT molecular complexity index is 1270. The number of aliphatic hydroxyl groups excluding tert-OH is 1. The molecule has 0 heterocycles. The molecule has 0 unspecified atom stereocenters. The summed E-state index contributed by atoms with van der Waals surface area (Å²) in [5.41, 5.74) is 5.88. The highest BCUT2D eigenvalue weighted by molar-refractivity contribution is 5.96. The van der Waals surface area contributed by atoms with Crippen LogP contribution in [-0.2, 0) is 20.9 Å². The third-order valence-electron chi connectivity index (χ3n) is 7.12. The number of amides is 1. The average molecular weight is 513 g/mol. The normalized spacial score (nSPS) is 17.3. The summed E-state index contributed by atoms with van der Waals surface area (Å²) in [6, 6.07) is 24.2. The molecule has 198 valence electrons. The van der Waals surface area contributed by atoms with E-state index in [9.17, 15) is 14.7 Å². The highest BCUT2D eigenvalue weighted by Gasteiger charge is 2.33. The number of methoxy groups -OCH3 is 1. The minimum Gasteiger partial charge on any atom is -0.466 e. The molecule has 1 aliphatic carbocycles. The van der Waals surface area contributed by atoms with Gasteiger partial charge in [-0.25, -0.2) is 4.79 Å². The summed E-state index contributed by atoms with van der Waals surface area (Å²) in [6.07, 6.45) is 5.60. The van der Waals surface area contributed by atoms with Gasteiger partial charge in [0.1, 0.15) is 0 Å². The third-order valence-corrected chi connectivity index (χ3v) is 7.12. The van der Waals surface area contributed by atoms with Crippen LogP contribution in [0.25, 0.3) is 17.2 Å². The molecule has 1 fully saturated rings. The molecule has 0 saturated heterocycles. The van der Waals surface area contributed by atoms with E-state index < -0.39 is 18.0 Å². The number of nitrogens with zero attached hydrogens (tertiary/aromatic N) is 2. The van der Waals surface area contributed by atoms with Crippen molar-refractivity contribution >= 4 is 29.3 Å². The smallest absolute Gasteiger partial charge is 0.330 e. The fraction of sp³-hybridized carbons (Fsp3) is 0.312. The Morgan fingerprint density at radius 2 is 1.58 bits per heavy atom. The number of benzene rings is 3. The molecular weight excluding hydrogens is 476 g/mol. The molecule has 1 saturated carbocycles. The predicted molar refractivity (Wildman–Crippen MR) is 153 cm³/mol. The quantitative estimate of drug-likeness (QED) is 0.310. The van der Waals surface area contributed by atoms with Crippen molar-refractivity contribution in [3.63, 3.8) is 0 Å². The topological polar surface area (TPSA) is 70.1 Å². The second-order valence-corrected chi connectivity index (χ2v) is 9.97. The average Bonchev–Trinajstić information content (AvgIpc) is 2.95. The van der Waals surface area contributed by atoms with Crippen LogP contribution in [0.5, 0.6) is 0 Å². The summed E-state index contributed by atoms with van der Waals surface area (Å²) >= 11 is 0. The number of hydrogen-bond donors (Lipinski definition) is 1. The van der Waals surface area contributed by atoms with E-state index in [1.165, 1.54) is 13.2 Å². The summed E-state index contributed by atoms with van der Waals surface area (Å²) in [5, 5.41) is 10.6. The molecule has 0 aliphatic heterocycles. The molecule has 6 heteroatoms. The lowest BCUT2D eigenvalue weighted by atomic mass is 9.85. The molecule has 0 radical (unpaired) electrons. The Kier molecular flexibility index (Phi) is 8.98. The summed E-state index contributed by atoms with van der Waals surface area (Å²) in [7, 11) is 5.38. The summed E-state index contributed by atoms with van der Waals surface area (Å²) in [5.74, 6) is -0.938. The highest BCUT2D eigenvalue weighted by Crippen LogP contribution is 2.30. The van der Waals surface area contributed by atoms with Crippen LogP contribution in [-0.4, -0.2) is 44.3 Å². The van der Waals surface area contributed by atoms with Crippen LogP contribution < -0.4 is 9.80 Å². The van der Waals surface area contributed by atoms with Crippen LogP contribution >= 0.6 is 0 Å². The third kappa shape index (κ3) is 6.69. The van der Waals surface area contributed by atoms with Crippen LogP contribution in [0.1, 0.15) is 36.8 Å². The van der Waals surface area contributed by atoms with Gasteiger partial charge < -0.3 is 19.6 Å². The monoisotopic (exact) mass is 512 g/mol. The van der Waals surface area contributed by atoms with E-state index in [-0.39, 0.29) is 5.91 Å². The van der Waals surface area contributed by atoms with Crippen LogP contribution in [0.2, 0.25) is 0 Å². The lowest BCUT2D eigenvalue weighted by Crippen LogP contribution is -2.42. The fourth-order valence-corrected chi connectivity index (χ4v) is 4.86. The van der Waals surface area contributed by atoms with E-state index in [1.807, 2.05) is 50.5 Å². The first-order chi connectivity index (χ1) is 18.4. The van der Waals surface area contributed by atoms with Gasteiger partial charge in [-0.05, 0) is 65.4 Å². The zero-order valence-corrected chi connectivity index (χ0v) is 22.3. The van der Waals surface area contributed by atoms with Gasteiger partial charge in [-0.2, -0.15) is 0 Å². The molecule has 1 aliphatic rings. The SMILES string of the molecule is COC(=O)/C=C/c1cccc(N(Cc2ccc(-c3ccc(N(C)C)cc3)cc2)C(=O)[C@@H]2CCCC[C@H]2O)c1. The molecule has 3 aromatic rings. The van der Waals surface area contributed by atoms with Crippen molar-refractivity contribution in [2.45, 2.75) is 38.3 Å². The maximum atomic E-state index is 13.8. The van der Waals surface area contributed by atoms with E-state index in [0.717, 1.165) is 46.5 Å². The Labute approximate surface area is 225 Å². The van der Waals surface area contributed by atoms with Gasteiger partial charge in [0, 0.05) is 31.5 Å². The van der Waals surface area contributed by atoms with Gasteiger partial charge in [0.15, 0.2) is 0 Å². The van der Waals surface area contributed by atoms with Gasteiger partial charge in [-0.3, -0.25) is 4.79 Å². The van der Waals surface area contributed by atoms with Gasteiger partial charge >= 0.3 is 5.97 Å². The van der Waals surface area contributed by atoms with Crippen LogP contribution in [0.15, 0.2) is 78.9 Å². The Morgan fingerprint density at radius 3 is 2.21 bits per heavy atom. The number of esters is 1. The maximum Gasteiger partial charge on any atom is 0.330 e. The molecule has 1 N–H and O–H groups in total. The van der Waals surface area contributed by atoms with Crippen LogP contribution in [0.4, 0.5) is 11.4 Å². The number of carbonyl (C=O) groups is 2. The van der Waals surface area contributed by atoms with Crippen molar-refractivity contribution in [3.05, 3.63) is 90.0 Å². The van der Waals surface area contributed by atoms with Gasteiger partial charge in [-0.15, -0.1) is 0 Å². The molecule has 1 amide bonds. The minimum atomic E-state index is -0.631. The summed E-state index contributed by atoms with van der Waals surface area (Å²) < 4.78 is 4.70. The molecule has 0 aromatic heterocycles. The molecule has 0 bridgehead atoms. The minimum absolute atomic E-state index is 0.0744. The van der Waals surface area contributed by atoms with Crippen molar-refractivity contribution in [2.24, 2.45) is 5.92 Å². The van der Waals surface area contributed by atoms with Gasteiger partial charge in [0.2, 0.25) is 5.91 Å². The Morgan fingerprint density at radius 1 is 0.921 bits per heavy atom. The summed E-state index contributed by atoms with van der Waals surface area (Å²) in [6.45, 7) is 0.381. The fourth-order valence-electron chi connectivity index (χ4n) is 4.86. The van der Waals surface area contributed by atoms with E-state index in [1.54, 1.807) is 11.0 Å². The lowest BCUT2D eigenvalue weighted by molar-refractivity contribution is -0.134. The first-order valence-electron chi connectivity index (χ1n) is 13.1. The number of rotatable bonds is 8. The summed E-state index contributed by atoms with van der Waals surface area (Å²) in [4.78, 5) is 29.2. The van der Waals surface area contributed by atoms with E-state index in [2.05, 4.69) is 41.3 Å². The molecule has 2 atom stereocenters. The first kappa shape index (κ1) is 27.1. The Balaban J connectivity index is 1.60. The van der Waals surface area contributed by atoms with Crippen LogP contribution in [0.3, 0.4) is 0 Å². The lowest BCUT2D eigenvalue weighted by Gasteiger charge is -2.32. The molecular formula is C32H36N2O4. The number of anilines is 2. The maximum absolute atomic E-state index is 13.8. The second kappa shape index (κ2) is 12.6. The second-order valence-electron chi connectivity index (χ2n) is 9.97. The number of aliphatic hydroxyl groups is 1. The van der Waals surface area contributed by atoms with Crippen LogP contribution in [0, 0.1) is 5.92 Å². The predicted octanol–water partition coefficient (Wildman–Crippen LogP) is 5.69. The van der Waals surface area contributed by atoms with Crippen molar-refractivity contribution in [1.82, 2.24) is 0 Å². The molecule has 3 aromatic carbocycles. The number of hydrogen-bond acceptors (Lipinski definition) is 5. The van der Waals surface area contributed by atoms with Gasteiger partial charge in [-0.1, -0.05) is 61.4 Å². The number of ether oxygens (including phenoxy) is 1. The van der Waals surface area contributed by atoms with Crippen molar-refractivity contribution in [2.75, 3.05) is 31.0 Å².